The van der Waals surface area contributed by atoms with Crippen LogP contribution in [0.1, 0.15) is 53.4 Å². The standard InChI is InChI=1S/C14H30N2/c1-11(2)12(9-15)10-16-13-5-7-14(3,4)8-6-13/h11-13,16H,5-10,15H2,1-4H3. The lowest BCUT2D eigenvalue weighted by molar-refractivity contribution is 0.199. The maximum Gasteiger partial charge on any atom is 0.00675 e. The van der Waals surface area contributed by atoms with E-state index in [4.69, 9.17) is 5.73 Å². The van der Waals surface area contributed by atoms with Crippen LogP contribution in [0.5, 0.6) is 0 Å². The van der Waals surface area contributed by atoms with Crippen molar-refractivity contribution in [2.45, 2.75) is 59.4 Å². The predicted molar refractivity (Wildman–Crippen MR) is 71.4 cm³/mol. The normalized spacial score (nSPS) is 23.6. The third-order valence-corrected chi connectivity index (χ3v) is 4.25. The van der Waals surface area contributed by atoms with E-state index in [1.165, 1.54) is 25.7 Å². The Labute approximate surface area is 101 Å². The van der Waals surface area contributed by atoms with Gasteiger partial charge in [0.25, 0.3) is 0 Å². The quantitative estimate of drug-likeness (QED) is 0.756. The van der Waals surface area contributed by atoms with E-state index >= 15 is 0 Å². The lowest BCUT2D eigenvalue weighted by Crippen LogP contribution is -2.40. The molecule has 0 spiro atoms. The fraction of sp³-hybridized carbons (Fsp3) is 1.00. The second-order valence-corrected chi connectivity index (χ2v) is 6.59. The summed E-state index contributed by atoms with van der Waals surface area (Å²) in [5, 5.41) is 3.71. The molecule has 0 heterocycles. The molecule has 1 atom stereocenters. The van der Waals surface area contributed by atoms with Gasteiger partial charge in [-0.1, -0.05) is 27.7 Å². The molecule has 0 bridgehead atoms. The average molecular weight is 226 g/mol. The van der Waals surface area contributed by atoms with Gasteiger partial charge in [-0.15, -0.1) is 0 Å². The fourth-order valence-electron chi connectivity index (χ4n) is 2.51. The second kappa shape index (κ2) is 6.02. The van der Waals surface area contributed by atoms with Crippen molar-refractivity contribution in [2.75, 3.05) is 13.1 Å². The Kier molecular flexibility index (Phi) is 5.26. The summed E-state index contributed by atoms with van der Waals surface area (Å²) >= 11 is 0. The highest BCUT2D eigenvalue weighted by molar-refractivity contribution is 4.83. The van der Waals surface area contributed by atoms with E-state index in [0.717, 1.165) is 19.1 Å². The maximum atomic E-state index is 5.79. The van der Waals surface area contributed by atoms with Crippen LogP contribution < -0.4 is 11.1 Å². The van der Waals surface area contributed by atoms with Gasteiger partial charge in [0.15, 0.2) is 0 Å². The Morgan fingerprint density at radius 3 is 2.25 bits per heavy atom. The van der Waals surface area contributed by atoms with Gasteiger partial charge in [0, 0.05) is 6.04 Å². The summed E-state index contributed by atoms with van der Waals surface area (Å²) in [5.74, 6) is 1.33. The van der Waals surface area contributed by atoms with Gasteiger partial charge in [-0.05, 0) is 56.0 Å². The molecule has 1 aliphatic rings. The molecular weight excluding hydrogens is 196 g/mol. The van der Waals surface area contributed by atoms with Gasteiger partial charge in [-0.2, -0.15) is 0 Å². The van der Waals surface area contributed by atoms with Crippen molar-refractivity contribution in [3.63, 3.8) is 0 Å². The topological polar surface area (TPSA) is 38.0 Å². The van der Waals surface area contributed by atoms with E-state index < -0.39 is 0 Å². The van der Waals surface area contributed by atoms with Crippen molar-refractivity contribution < 1.29 is 0 Å². The minimum Gasteiger partial charge on any atom is -0.330 e. The SMILES string of the molecule is CC(C)C(CN)CNC1CCC(C)(C)CC1. The summed E-state index contributed by atoms with van der Waals surface area (Å²) in [4.78, 5) is 0. The minimum absolute atomic E-state index is 0.573. The molecule has 96 valence electrons. The monoisotopic (exact) mass is 226 g/mol. The van der Waals surface area contributed by atoms with Crippen LogP contribution >= 0.6 is 0 Å². The molecule has 1 aliphatic carbocycles. The Morgan fingerprint density at radius 2 is 1.81 bits per heavy atom. The van der Waals surface area contributed by atoms with Crippen LogP contribution in [-0.4, -0.2) is 19.1 Å². The zero-order valence-corrected chi connectivity index (χ0v) is 11.6. The number of rotatable bonds is 5. The molecule has 2 heteroatoms. The van der Waals surface area contributed by atoms with E-state index in [1.807, 2.05) is 0 Å². The van der Waals surface area contributed by atoms with Gasteiger partial charge in [-0.3, -0.25) is 0 Å². The van der Waals surface area contributed by atoms with Crippen molar-refractivity contribution in [2.24, 2.45) is 23.0 Å². The molecular formula is C14H30N2. The van der Waals surface area contributed by atoms with Crippen LogP contribution in [0.2, 0.25) is 0 Å². The Balaban J connectivity index is 2.24. The zero-order valence-electron chi connectivity index (χ0n) is 11.6. The third kappa shape index (κ3) is 4.42. The van der Waals surface area contributed by atoms with Gasteiger partial charge in [-0.25, -0.2) is 0 Å². The summed E-state index contributed by atoms with van der Waals surface area (Å²) in [6.45, 7) is 11.2. The summed E-state index contributed by atoms with van der Waals surface area (Å²) in [6.07, 6.45) is 5.39. The smallest absolute Gasteiger partial charge is 0.00675 e. The van der Waals surface area contributed by atoms with Gasteiger partial charge >= 0.3 is 0 Å². The van der Waals surface area contributed by atoms with Crippen LogP contribution in [0.4, 0.5) is 0 Å². The molecule has 1 unspecified atom stereocenters. The first-order chi connectivity index (χ1) is 7.44. The first-order valence-electron chi connectivity index (χ1n) is 6.88. The summed E-state index contributed by atoms with van der Waals surface area (Å²) in [5.41, 5.74) is 6.37. The van der Waals surface area contributed by atoms with Crippen LogP contribution in [-0.2, 0) is 0 Å². The highest BCUT2D eigenvalue weighted by Crippen LogP contribution is 2.35. The molecule has 16 heavy (non-hydrogen) atoms. The van der Waals surface area contributed by atoms with E-state index in [1.54, 1.807) is 0 Å². The van der Waals surface area contributed by atoms with Crippen molar-refractivity contribution in [3.8, 4) is 0 Å². The van der Waals surface area contributed by atoms with Crippen LogP contribution in [0, 0.1) is 17.3 Å². The highest BCUT2D eigenvalue weighted by atomic mass is 14.9. The maximum absolute atomic E-state index is 5.79. The number of hydrogen-bond donors (Lipinski definition) is 2. The van der Waals surface area contributed by atoms with Crippen molar-refractivity contribution >= 4 is 0 Å². The Hall–Kier alpha value is -0.0800. The minimum atomic E-state index is 0.573. The van der Waals surface area contributed by atoms with Crippen LogP contribution in [0.3, 0.4) is 0 Å². The molecule has 1 rings (SSSR count). The van der Waals surface area contributed by atoms with E-state index in [-0.39, 0.29) is 0 Å². The van der Waals surface area contributed by atoms with Gasteiger partial charge in [0.1, 0.15) is 0 Å². The Morgan fingerprint density at radius 1 is 1.25 bits per heavy atom. The highest BCUT2D eigenvalue weighted by Gasteiger charge is 2.26. The zero-order chi connectivity index (χ0) is 12.2. The number of hydrogen-bond acceptors (Lipinski definition) is 2. The first kappa shape index (κ1) is 14.0. The molecule has 0 aromatic heterocycles. The predicted octanol–water partition coefficient (Wildman–Crippen LogP) is 2.78. The van der Waals surface area contributed by atoms with Crippen molar-refractivity contribution in [1.29, 1.82) is 0 Å². The average Bonchev–Trinajstić information content (AvgIpc) is 2.20. The lowest BCUT2D eigenvalue weighted by atomic mass is 9.75. The lowest BCUT2D eigenvalue weighted by Gasteiger charge is -2.35. The molecule has 1 fully saturated rings. The van der Waals surface area contributed by atoms with E-state index in [2.05, 4.69) is 33.0 Å². The molecule has 0 aromatic rings. The summed E-state index contributed by atoms with van der Waals surface area (Å²) in [6, 6.07) is 0.737. The molecule has 0 saturated heterocycles. The van der Waals surface area contributed by atoms with E-state index in [9.17, 15) is 0 Å². The number of nitrogens with one attached hydrogen (secondary N) is 1. The molecule has 2 nitrogen and oxygen atoms in total. The molecule has 0 aliphatic heterocycles. The van der Waals surface area contributed by atoms with Crippen LogP contribution in [0.25, 0.3) is 0 Å². The molecule has 3 N–H and O–H groups in total. The van der Waals surface area contributed by atoms with Crippen LogP contribution in [0.15, 0.2) is 0 Å². The van der Waals surface area contributed by atoms with Gasteiger partial charge < -0.3 is 11.1 Å². The van der Waals surface area contributed by atoms with Gasteiger partial charge in [0.05, 0.1) is 0 Å². The largest absolute Gasteiger partial charge is 0.330 e. The molecule has 0 radical (unpaired) electrons. The van der Waals surface area contributed by atoms with Gasteiger partial charge in [0.2, 0.25) is 0 Å². The molecule has 1 saturated carbocycles. The van der Waals surface area contributed by atoms with E-state index in [0.29, 0.717) is 17.3 Å². The fourth-order valence-corrected chi connectivity index (χ4v) is 2.51. The second-order valence-electron chi connectivity index (χ2n) is 6.59. The third-order valence-electron chi connectivity index (χ3n) is 4.25. The number of nitrogens with two attached hydrogens (primary N) is 1. The van der Waals surface area contributed by atoms with Crippen molar-refractivity contribution in [1.82, 2.24) is 5.32 Å². The first-order valence-corrected chi connectivity index (χ1v) is 6.88. The summed E-state index contributed by atoms with van der Waals surface area (Å²) < 4.78 is 0. The van der Waals surface area contributed by atoms with Crippen molar-refractivity contribution in [3.05, 3.63) is 0 Å². The molecule has 0 aromatic carbocycles. The molecule has 0 amide bonds. The Bertz CT molecular complexity index is 189. The summed E-state index contributed by atoms with van der Waals surface area (Å²) in [7, 11) is 0.